The van der Waals surface area contributed by atoms with Crippen molar-refractivity contribution < 1.29 is 27.1 Å². The first-order valence-corrected chi connectivity index (χ1v) is 9.73. The monoisotopic (exact) mass is 394 g/mol. The van der Waals surface area contributed by atoms with Crippen molar-refractivity contribution in [1.29, 1.82) is 0 Å². The molecule has 2 aromatic rings. The maximum atomic E-state index is 13.2. The summed E-state index contributed by atoms with van der Waals surface area (Å²) in [5.74, 6) is -1.84. The van der Waals surface area contributed by atoms with E-state index in [1.807, 2.05) is 0 Å². The van der Waals surface area contributed by atoms with Gasteiger partial charge in [0.25, 0.3) is 0 Å². The van der Waals surface area contributed by atoms with Gasteiger partial charge in [-0.05, 0) is 43.3 Å². The number of carbonyl (C=O) groups is 2. The lowest BCUT2D eigenvalue weighted by Gasteiger charge is -2.28. The Morgan fingerprint density at radius 3 is 2.26 bits per heavy atom. The third-order valence-electron chi connectivity index (χ3n) is 3.76. The third kappa shape index (κ3) is 4.82. The molecule has 0 spiro atoms. The maximum Gasteiger partial charge on any atom is 0.339 e. The number of amides is 1. The second-order valence-electron chi connectivity index (χ2n) is 5.74. The molecule has 0 bridgehead atoms. The number of esters is 1. The molecule has 0 aliphatic heterocycles. The first-order chi connectivity index (χ1) is 12.6. The molecule has 7 nitrogen and oxygen atoms in total. The highest BCUT2D eigenvalue weighted by Crippen LogP contribution is 2.23. The number of halogens is 1. The fraction of sp³-hybridized carbons (Fsp3) is 0.222. The van der Waals surface area contributed by atoms with Crippen LogP contribution >= 0.6 is 0 Å². The van der Waals surface area contributed by atoms with Crippen LogP contribution in [-0.2, 0) is 19.6 Å². The summed E-state index contributed by atoms with van der Waals surface area (Å²) in [6.45, 7) is 1.39. The Hall–Kier alpha value is -2.94. The number of para-hydroxylation sites is 1. The van der Waals surface area contributed by atoms with Crippen molar-refractivity contribution >= 4 is 33.3 Å². The van der Waals surface area contributed by atoms with Gasteiger partial charge in [0.05, 0.1) is 30.3 Å². The highest BCUT2D eigenvalue weighted by Gasteiger charge is 2.29. The van der Waals surface area contributed by atoms with E-state index in [1.54, 1.807) is 12.1 Å². The molecule has 0 saturated heterocycles. The number of methoxy groups -OCH3 is 1. The van der Waals surface area contributed by atoms with E-state index in [4.69, 9.17) is 0 Å². The van der Waals surface area contributed by atoms with Crippen molar-refractivity contribution in [2.45, 2.75) is 13.0 Å². The minimum absolute atomic E-state index is 0.133. The fourth-order valence-corrected chi connectivity index (χ4v) is 3.69. The minimum atomic E-state index is -3.84. The van der Waals surface area contributed by atoms with E-state index in [2.05, 4.69) is 10.1 Å². The van der Waals surface area contributed by atoms with Crippen molar-refractivity contribution in [3.8, 4) is 0 Å². The number of hydrogen-bond acceptors (Lipinski definition) is 5. The van der Waals surface area contributed by atoms with Gasteiger partial charge in [0.1, 0.15) is 11.9 Å². The molecule has 2 aromatic carbocycles. The van der Waals surface area contributed by atoms with Crippen LogP contribution in [0.5, 0.6) is 0 Å². The second kappa shape index (κ2) is 8.17. The van der Waals surface area contributed by atoms with Crippen LogP contribution in [0.3, 0.4) is 0 Å². The Balaban J connectivity index is 2.34. The molecule has 27 heavy (non-hydrogen) atoms. The lowest BCUT2D eigenvalue weighted by atomic mass is 10.1. The number of anilines is 2. The Bertz CT molecular complexity index is 944. The SMILES string of the molecule is COC(=O)c1ccccc1NC(=O)C(C)N(c1ccc(F)cc1)S(C)(=O)=O. The van der Waals surface area contributed by atoms with Crippen molar-refractivity contribution in [2.24, 2.45) is 0 Å². The standard InChI is InChI=1S/C18H19FN2O5S/c1-12(21(27(3,24)25)14-10-8-13(19)9-11-14)17(22)20-16-7-5-4-6-15(16)18(23)26-2/h4-12H,1-3H3,(H,20,22). The molecule has 2 rings (SSSR count). The van der Waals surface area contributed by atoms with E-state index in [0.29, 0.717) is 0 Å². The van der Waals surface area contributed by atoms with Gasteiger partial charge in [0.2, 0.25) is 15.9 Å². The molecular weight excluding hydrogens is 375 g/mol. The number of rotatable bonds is 6. The molecule has 0 aromatic heterocycles. The van der Waals surface area contributed by atoms with Crippen molar-refractivity contribution in [1.82, 2.24) is 0 Å². The molecule has 144 valence electrons. The Morgan fingerprint density at radius 2 is 1.70 bits per heavy atom. The zero-order valence-electron chi connectivity index (χ0n) is 15.0. The molecule has 0 saturated carbocycles. The van der Waals surface area contributed by atoms with Crippen LogP contribution in [0.4, 0.5) is 15.8 Å². The van der Waals surface area contributed by atoms with Crippen LogP contribution in [0, 0.1) is 5.82 Å². The molecule has 1 amide bonds. The Kier molecular flexibility index (Phi) is 6.17. The van der Waals surface area contributed by atoms with Crippen molar-refractivity contribution in [2.75, 3.05) is 23.0 Å². The number of carbonyl (C=O) groups excluding carboxylic acids is 2. The highest BCUT2D eigenvalue weighted by molar-refractivity contribution is 7.92. The van der Waals surface area contributed by atoms with E-state index < -0.39 is 33.8 Å². The number of nitrogens with zero attached hydrogens (tertiary/aromatic N) is 1. The van der Waals surface area contributed by atoms with Crippen LogP contribution in [0.25, 0.3) is 0 Å². The second-order valence-corrected chi connectivity index (χ2v) is 7.60. The first-order valence-electron chi connectivity index (χ1n) is 7.88. The number of nitrogens with one attached hydrogen (secondary N) is 1. The summed E-state index contributed by atoms with van der Waals surface area (Å²) in [4.78, 5) is 24.5. The molecule has 0 radical (unpaired) electrons. The summed E-state index contributed by atoms with van der Waals surface area (Å²) < 4.78 is 43.1. The van der Waals surface area contributed by atoms with E-state index in [-0.39, 0.29) is 16.9 Å². The molecule has 1 N–H and O–H groups in total. The summed E-state index contributed by atoms with van der Waals surface area (Å²) in [7, 11) is -2.63. The van der Waals surface area contributed by atoms with Crippen LogP contribution < -0.4 is 9.62 Å². The minimum Gasteiger partial charge on any atom is -0.465 e. The molecule has 0 aliphatic carbocycles. The molecule has 9 heteroatoms. The van der Waals surface area contributed by atoms with Gasteiger partial charge in [-0.3, -0.25) is 9.10 Å². The summed E-state index contributed by atoms with van der Waals surface area (Å²) in [6.07, 6.45) is 0.947. The van der Waals surface area contributed by atoms with Gasteiger partial charge in [-0.25, -0.2) is 17.6 Å². The lowest BCUT2D eigenvalue weighted by Crippen LogP contribution is -2.45. The summed E-state index contributed by atoms with van der Waals surface area (Å²) >= 11 is 0. The molecular formula is C18H19FN2O5S. The molecule has 1 unspecified atom stereocenters. The van der Waals surface area contributed by atoms with E-state index in [9.17, 15) is 22.4 Å². The van der Waals surface area contributed by atoms with Gasteiger partial charge in [-0.1, -0.05) is 12.1 Å². The number of hydrogen-bond donors (Lipinski definition) is 1. The van der Waals surface area contributed by atoms with Gasteiger partial charge in [0.15, 0.2) is 0 Å². The lowest BCUT2D eigenvalue weighted by molar-refractivity contribution is -0.116. The largest absolute Gasteiger partial charge is 0.465 e. The zero-order valence-corrected chi connectivity index (χ0v) is 15.8. The third-order valence-corrected chi connectivity index (χ3v) is 5.00. The molecule has 0 aliphatic rings. The average molecular weight is 394 g/mol. The van der Waals surface area contributed by atoms with Gasteiger partial charge in [-0.2, -0.15) is 0 Å². The molecule has 1 atom stereocenters. The Labute approximate surface area is 156 Å². The van der Waals surface area contributed by atoms with Gasteiger partial charge < -0.3 is 10.1 Å². The maximum absolute atomic E-state index is 13.2. The van der Waals surface area contributed by atoms with E-state index in [0.717, 1.165) is 22.7 Å². The average Bonchev–Trinajstić information content (AvgIpc) is 2.62. The normalized spacial score (nSPS) is 12.1. The quantitative estimate of drug-likeness (QED) is 0.760. The summed E-state index contributed by atoms with van der Waals surface area (Å²) in [6, 6.07) is 9.77. The number of benzene rings is 2. The smallest absolute Gasteiger partial charge is 0.339 e. The van der Waals surface area contributed by atoms with Gasteiger partial charge in [0, 0.05) is 0 Å². The topological polar surface area (TPSA) is 92.8 Å². The van der Waals surface area contributed by atoms with Crippen molar-refractivity contribution in [3.63, 3.8) is 0 Å². The Morgan fingerprint density at radius 1 is 1.11 bits per heavy atom. The predicted molar refractivity (Wildman–Crippen MR) is 99.6 cm³/mol. The van der Waals surface area contributed by atoms with Crippen LogP contribution in [0.2, 0.25) is 0 Å². The molecule has 0 fully saturated rings. The van der Waals surface area contributed by atoms with Crippen LogP contribution in [0.15, 0.2) is 48.5 Å². The molecule has 0 heterocycles. The van der Waals surface area contributed by atoms with Gasteiger partial charge in [-0.15, -0.1) is 0 Å². The van der Waals surface area contributed by atoms with Crippen LogP contribution in [-0.4, -0.2) is 39.7 Å². The summed E-state index contributed by atoms with van der Waals surface area (Å²) in [5, 5.41) is 2.54. The van der Waals surface area contributed by atoms with Crippen LogP contribution in [0.1, 0.15) is 17.3 Å². The zero-order chi connectivity index (χ0) is 20.2. The first kappa shape index (κ1) is 20.4. The summed E-state index contributed by atoms with van der Waals surface area (Å²) in [5.41, 5.74) is 0.463. The van der Waals surface area contributed by atoms with E-state index in [1.165, 1.54) is 38.3 Å². The fourth-order valence-electron chi connectivity index (χ4n) is 2.51. The van der Waals surface area contributed by atoms with Gasteiger partial charge >= 0.3 is 5.97 Å². The number of sulfonamides is 1. The number of ether oxygens (including phenoxy) is 1. The van der Waals surface area contributed by atoms with E-state index >= 15 is 0 Å². The predicted octanol–water partition coefficient (Wildman–Crippen LogP) is 2.41. The highest BCUT2D eigenvalue weighted by atomic mass is 32.2. The van der Waals surface area contributed by atoms with Crippen molar-refractivity contribution in [3.05, 3.63) is 59.9 Å².